The molecule has 6 heteroatoms. The highest BCUT2D eigenvalue weighted by Crippen LogP contribution is 2.28. The summed E-state index contributed by atoms with van der Waals surface area (Å²) in [4.78, 5) is 23.2. The lowest BCUT2D eigenvalue weighted by atomic mass is 10.1. The van der Waals surface area contributed by atoms with Crippen LogP contribution in [0.4, 0.5) is 5.69 Å². The Morgan fingerprint density at radius 3 is 2.46 bits per heavy atom. The van der Waals surface area contributed by atoms with Crippen LogP contribution in [0.1, 0.15) is 21.5 Å². The molecule has 0 saturated carbocycles. The van der Waals surface area contributed by atoms with E-state index >= 15 is 0 Å². The first-order chi connectivity index (χ1) is 11.4. The second-order valence-corrected chi connectivity index (χ2v) is 5.39. The van der Waals surface area contributed by atoms with Crippen LogP contribution >= 0.6 is 0 Å². The van der Waals surface area contributed by atoms with Gasteiger partial charge in [0.1, 0.15) is 0 Å². The van der Waals surface area contributed by atoms with E-state index < -0.39 is 5.91 Å². The van der Waals surface area contributed by atoms with Gasteiger partial charge in [-0.25, -0.2) is 0 Å². The molecule has 0 heterocycles. The molecule has 2 rings (SSSR count). The van der Waals surface area contributed by atoms with Gasteiger partial charge in [0, 0.05) is 11.3 Å². The molecule has 6 nitrogen and oxygen atoms in total. The first-order valence-corrected chi connectivity index (χ1v) is 7.38. The molecule has 0 fully saturated rings. The normalized spacial score (nSPS) is 10.1. The molecule has 0 saturated heterocycles. The minimum Gasteiger partial charge on any atom is -0.493 e. The summed E-state index contributed by atoms with van der Waals surface area (Å²) in [6.07, 6.45) is 0. The van der Waals surface area contributed by atoms with Gasteiger partial charge >= 0.3 is 0 Å². The van der Waals surface area contributed by atoms with Crippen LogP contribution in [0, 0.1) is 13.8 Å². The molecule has 126 valence electrons. The number of nitrogens with two attached hydrogens (primary N) is 1. The molecule has 0 atom stereocenters. The number of rotatable bonds is 6. The molecule has 2 aromatic rings. The molecule has 0 unspecified atom stereocenters. The maximum absolute atomic E-state index is 12.4. The van der Waals surface area contributed by atoms with E-state index in [2.05, 4.69) is 5.32 Å². The second kappa shape index (κ2) is 7.50. The van der Waals surface area contributed by atoms with E-state index in [-0.39, 0.29) is 12.5 Å². The van der Waals surface area contributed by atoms with Crippen molar-refractivity contribution in [3.05, 3.63) is 53.1 Å². The molecular weight excluding hydrogens is 308 g/mol. The number of primary amides is 1. The fourth-order valence-corrected chi connectivity index (χ4v) is 2.23. The minimum atomic E-state index is -0.589. The van der Waals surface area contributed by atoms with Gasteiger partial charge in [-0.2, -0.15) is 0 Å². The minimum absolute atomic E-state index is 0.259. The maximum Gasteiger partial charge on any atom is 0.255 e. The number of carbonyl (C=O) groups is 2. The second-order valence-electron chi connectivity index (χ2n) is 5.39. The standard InChI is InChI=1S/C18H20N2O4/c1-11-4-6-14(12(2)8-11)20-18(22)13-5-7-15(16(9-13)23-3)24-10-17(19)21/h4-9H,10H2,1-3H3,(H2,19,21)(H,20,22). The van der Waals surface area contributed by atoms with Gasteiger partial charge in [0.05, 0.1) is 7.11 Å². The van der Waals surface area contributed by atoms with E-state index in [0.29, 0.717) is 17.1 Å². The highest BCUT2D eigenvalue weighted by Gasteiger charge is 2.13. The largest absolute Gasteiger partial charge is 0.493 e. The lowest BCUT2D eigenvalue weighted by Crippen LogP contribution is -2.20. The van der Waals surface area contributed by atoms with Crippen molar-refractivity contribution in [2.24, 2.45) is 5.73 Å². The van der Waals surface area contributed by atoms with Crippen LogP contribution in [-0.2, 0) is 4.79 Å². The van der Waals surface area contributed by atoms with Gasteiger partial charge in [-0.1, -0.05) is 17.7 Å². The van der Waals surface area contributed by atoms with Gasteiger partial charge in [0.25, 0.3) is 11.8 Å². The van der Waals surface area contributed by atoms with Gasteiger partial charge < -0.3 is 20.5 Å². The number of benzene rings is 2. The Balaban J connectivity index is 2.18. The van der Waals surface area contributed by atoms with Crippen molar-refractivity contribution < 1.29 is 19.1 Å². The Morgan fingerprint density at radius 1 is 1.08 bits per heavy atom. The van der Waals surface area contributed by atoms with Crippen LogP contribution in [0.5, 0.6) is 11.5 Å². The topological polar surface area (TPSA) is 90.7 Å². The lowest BCUT2D eigenvalue weighted by molar-refractivity contribution is -0.119. The SMILES string of the molecule is COc1cc(C(=O)Nc2ccc(C)cc2C)ccc1OCC(N)=O. The van der Waals surface area contributed by atoms with Crippen molar-refractivity contribution in [1.82, 2.24) is 0 Å². The Morgan fingerprint density at radius 2 is 1.83 bits per heavy atom. The molecule has 0 bridgehead atoms. The molecule has 0 spiro atoms. The van der Waals surface area contributed by atoms with Crippen LogP contribution in [0.25, 0.3) is 0 Å². The fourth-order valence-electron chi connectivity index (χ4n) is 2.23. The summed E-state index contributed by atoms with van der Waals surface area (Å²) in [6, 6.07) is 10.5. The van der Waals surface area contributed by atoms with E-state index in [4.69, 9.17) is 15.2 Å². The van der Waals surface area contributed by atoms with E-state index in [1.165, 1.54) is 7.11 Å². The Kier molecular flexibility index (Phi) is 5.42. The summed E-state index contributed by atoms with van der Waals surface area (Å²) >= 11 is 0. The fraction of sp³-hybridized carbons (Fsp3) is 0.222. The summed E-state index contributed by atoms with van der Waals surface area (Å²) < 4.78 is 10.4. The van der Waals surface area contributed by atoms with Crippen molar-refractivity contribution in [3.63, 3.8) is 0 Å². The number of ether oxygens (including phenoxy) is 2. The summed E-state index contributed by atoms with van der Waals surface area (Å²) in [6.45, 7) is 3.67. The van der Waals surface area contributed by atoms with Gasteiger partial charge in [0.2, 0.25) is 0 Å². The molecule has 0 aromatic heterocycles. The highest BCUT2D eigenvalue weighted by molar-refractivity contribution is 6.05. The van der Waals surface area contributed by atoms with Crippen molar-refractivity contribution in [3.8, 4) is 11.5 Å². The molecule has 2 amide bonds. The van der Waals surface area contributed by atoms with Gasteiger partial charge in [-0.05, 0) is 43.7 Å². The summed E-state index contributed by atoms with van der Waals surface area (Å²) in [5, 5.41) is 2.87. The van der Waals surface area contributed by atoms with Crippen LogP contribution in [-0.4, -0.2) is 25.5 Å². The average Bonchev–Trinajstić information content (AvgIpc) is 2.55. The smallest absolute Gasteiger partial charge is 0.255 e. The molecule has 0 aliphatic heterocycles. The number of aryl methyl sites for hydroxylation is 2. The van der Waals surface area contributed by atoms with Crippen molar-refractivity contribution in [1.29, 1.82) is 0 Å². The van der Waals surface area contributed by atoms with Crippen molar-refractivity contribution in [2.45, 2.75) is 13.8 Å². The average molecular weight is 328 g/mol. The Hall–Kier alpha value is -3.02. The third kappa shape index (κ3) is 4.25. The third-order valence-corrected chi connectivity index (χ3v) is 3.43. The molecule has 0 aliphatic rings. The molecular formula is C18H20N2O4. The zero-order chi connectivity index (χ0) is 17.7. The molecule has 0 aliphatic carbocycles. The predicted molar refractivity (Wildman–Crippen MR) is 91.6 cm³/mol. The summed E-state index contributed by atoms with van der Waals surface area (Å²) in [7, 11) is 1.46. The number of nitrogens with one attached hydrogen (secondary N) is 1. The number of anilines is 1. The number of methoxy groups -OCH3 is 1. The number of hydrogen-bond donors (Lipinski definition) is 2. The first kappa shape index (κ1) is 17.3. The highest BCUT2D eigenvalue weighted by atomic mass is 16.5. The number of carbonyl (C=O) groups excluding carboxylic acids is 2. The van der Waals surface area contributed by atoms with Crippen molar-refractivity contribution >= 4 is 17.5 Å². The quantitative estimate of drug-likeness (QED) is 0.852. The van der Waals surface area contributed by atoms with E-state index in [1.54, 1.807) is 18.2 Å². The third-order valence-electron chi connectivity index (χ3n) is 3.43. The van der Waals surface area contributed by atoms with Gasteiger partial charge in [0.15, 0.2) is 18.1 Å². The lowest BCUT2D eigenvalue weighted by Gasteiger charge is -2.12. The number of amides is 2. The molecule has 2 aromatic carbocycles. The van der Waals surface area contributed by atoms with Gasteiger partial charge in [-0.15, -0.1) is 0 Å². The Labute approximate surface area is 140 Å². The monoisotopic (exact) mass is 328 g/mol. The van der Waals surface area contributed by atoms with Crippen LogP contribution in [0.3, 0.4) is 0 Å². The molecule has 3 N–H and O–H groups in total. The predicted octanol–water partition coefficient (Wildman–Crippen LogP) is 2.43. The number of hydrogen-bond acceptors (Lipinski definition) is 4. The first-order valence-electron chi connectivity index (χ1n) is 7.38. The van der Waals surface area contributed by atoms with Crippen LogP contribution in [0.2, 0.25) is 0 Å². The summed E-state index contributed by atoms with van der Waals surface area (Å²) in [5.74, 6) is -0.153. The van der Waals surface area contributed by atoms with E-state index in [1.807, 2.05) is 32.0 Å². The molecule has 0 radical (unpaired) electrons. The van der Waals surface area contributed by atoms with Gasteiger partial charge in [-0.3, -0.25) is 9.59 Å². The van der Waals surface area contributed by atoms with Crippen LogP contribution < -0.4 is 20.5 Å². The zero-order valence-corrected chi connectivity index (χ0v) is 13.9. The van der Waals surface area contributed by atoms with E-state index in [0.717, 1.165) is 16.8 Å². The Bertz CT molecular complexity index is 772. The molecule has 24 heavy (non-hydrogen) atoms. The van der Waals surface area contributed by atoms with E-state index in [9.17, 15) is 9.59 Å². The summed E-state index contributed by atoms with van der Waals surface area (Å²) in [5.41, 5.74) is 8.33. The van der Waals surface area contributed by atoms with Crippen molar-refractivity contribution in [2.75, 3.05) is 19.0 Å². The van der Waals surface area contributed by atoms with Crippen LogP contribution in [0.15, 0.2) is 36.4 Å². The maximum atomic E-state index is 12.4. The zero-order valence-electron chi connectivity index (χ0n) is 13.9.